The van der Waals surface area contributed by atoms with Crippen molar-refractivity contribution < 1.29 is 18.6 Å². The molecule has 1 saturated heterocycles. The molecular formula is C29H26F2N4O2. The van der Waals surface area contributed by atoms with Gasteiger partial charge in [-0.05, 0) is 75.2 Å². The van der Waals surface area contributed by atoms with Crippen LogP contribution in [0, 0.1) is 35.8 Å². The standard InChI is InChI=1S/C29H26F2N4O2/c1-4-17-21(30)8-5-14-9-16(36)10-18(22(14)17)26-25(31)28-24(29(33-26)37-13(2)3)27(34-35(28)15-6-7-15)23-19-11-32-12-20(19)23/h1,5,8-10,13,15,19-20,23,32,36H,6-7,11-12H2,2-3H3/t19-,20+,23?. The molecule has 1 unspecified atom stereocenters. The van der Waals surface area contributed by atoms with E-state index in [1.165, 1.54) is 24.3 Å². The molecule has 1 aliphatic heterocycles. The Balaban J connectivity index is 1.56. The lowest BCUT2D eigenvalue weighted by molar-refractivity contribution is 0.236. The molecule has 0 amide bonds. The average molecular weight is 501 g/mol. The number of aromatic hydroxyl groups is 1. The van der Waals surface area contributed by atoms with Gasteiger partial charge in [0.25, 0.3) is 0 Å². The Hall–Kier alpha value is -3.70. The first-order valence-electron chi connectivity index (χ1n) is 12.8. The summed E-state index contributed by atoms with van der Waals surface area (Å²) in [5.41, 5.74) is 1.37. The molecule has 3 atom stereocenters. The number of rotatable bonds is 5. The Kier molecular flexibility index (Phi) is 4.80. The number of ether oxygens (including phenoxy) is 1. The SMILES string of the molecule is C#Cc1c(F)ccc2cc(O)cc(-c3nc(OC(C)C)c4c(C5[C@H]6CNC[C@@H]56)nn(C5CC5)c4c3F)c12. The normalized spacial score (nSPS) is 22.5. The fraction of sp³-hybridized carbons (Fsp3) is 0.379. The summed E-state index contributed by atoms with van der Waals surface area (Å²) in [5.74, 6) is 2.65. The van der Waals surface area contributed by atoms with Crippen LogP contribution in [0.4, 0.5) is 8.78 Å². The molecule has 0 radical (unpaired) electrons. The number of terminal acetylenes is 1. The first kappa shape index (κ1) is 22.5. The minimum Gasteiger partial charge on any atom is -0.508 e. The summed E-state index contributed by atoms with van der Waals surface area (Å²) in [7, 11) is 0. The zero-order valence-electron chi connectivity index (χ0n) is 20.6. The van der Waals surface area contributed by atoms with Crippen LogP contribution in [-0.2, 0) is 0 Å². The number of fused-ring (bicyclic) bond motifs is 3. The summed E-state index contributed by atoms with van der Waals surface area (Å²) >= 11 is 0. The minimum absolute atomic E-state index is 0.00480. The van der Waals surface area contributed by atoms with Crippen molar-refractivity contribution in [2.45, 2.75) is 44.8 Å². The molecule has 2 aliphatic carbocycles. The van der Waals surface area contributed by atoms with E-state index >= 15 is 4.39 Å². The smallest absolute Gasteiger partial charge is 0.225 e. The molecule has 4 aromatic rings. The Morgan fingerprint density at radius 1 is 1.16 bits per heavy atom. The fourth-order valence-electron chi connectivity index (χ4n) is 6.07. The quantitative estimate of drug-likeness (QED) is 0.365. The van der Waals surface area contributed by atoms with Crippen LogP contribution in [0.2, 0.25) is 0 Å². The number of phenolic OH excluding ortho intramolecular Hbond substituents is 1. The lowest BCUT2D eigenvalue weighted by atomic mass is 9.95. The van der Waals surface area contributed by atoms with Gasteiger partial charge in [-0.15, -0.1) is 6.42 Å². The van der Waals surface area contributed by atoms with E-state index in [0.717, 1.165) is 31.6 Å². The molecular weight excluding hydrogens is 474 g/mol. The number of nitrogens with one attached hydrogen (secondary N) is 1. The van der Waals surface area contributed by atoms with E-state index in [2.05, 4.69) is 11.2 Å². The molecule has 2 N–H and O–H groups in total. The van der Waals surface area contributed by atoms with Crippen molar-refractivity contribution in [2.75, 3.05) is 13.1 Å². The molecule has 2 aromatic heterocycles. The second-order valence-electron chi connectivity index (χ2n) is 10.7. The molecule has 2 aromatic carbocycles. The van der Waals surface area contributed by atoms with E-state index in [9.17, 15) is 9.50 Å². The van der Waals surface area contributed by atoms with Crippen LogP contribution >= 0.6 is 0 Å². The van der Waals surface area contributed by atoms with Gasteiger partial charge >= 0.3 is 0 Å². The second kappa shape index (κ2) is 7.90. The number of phenols is 1. The predicted octanol–water partition coefficient (Wildman–Crippen LogP) is 5.27. The Labute approximate surface area is 212 Å². The summed E-state index contributed by atoms with van der Waals surface area (Å²) in [5, 5.41) is 20.3. The van der Waals surface area contributed by atoms with Crippen molar-refractivity contribution in [2.24, 2.45) is 11.8 Å². The van der Waals surface area contributed by atoms with Crippen molar-refractivity contribution in [3.05, 3.63) is 47.2 Å². The number of aromatic nitrogens is 3. The van der Waals surface area contributed by atoms with Crippen LogP contribution in [0.1, 0.15) is 49.9 Å². The summed E-state index contributed by atoms with van der Waals surface area (Å²) in [4.78, 5) is 4.70. The molecule has 3 heterocycles. The van der Waals surface area contributed by atoms with Crippen molar-refractivity contribution in [1.82, 2.24) is 20.1 Å². The second-order valence-corrected chi connectivity index (χ2v) is 10.7. The fourth-order valence-corrected chi connectivity index (χ4v) is 6.07. The van der Waals surface area contributed by atoms with Gasteiger partial charge in [0.15, 0.2) is 5.82 Å². The highest BCUT2D eigenvalue weighted by Crippen LogP contribution is 2.58. The third-order valence-corrected chi connectivity index (χ3v) is 7.88. The Bertz CT molecular complexity index is 1640. The minimum atomic E-state index is -0.596. The molecule has 7 rings (SSSR count). The third kappa shape index (κ3) is 3.33. The van der Waals surface area contributed by atoms with Crippen LogP contribution in [-0.4, -0.2) is 39.1 Å². The number of nitrogens with zero attached hydrogens (tertiary/aromatic N) is 3. The monoisotopic (exact) mass is 500 g/mol. The number of benzene rings is 2. The van der Waals surface area contributed by atoms with Crippen molar-refractivity contribution in [3.63, 3.8) is 0 Å². The zero-order chi connectivity index (χ0) is 25.6. The lowest BCUT2D eigenvalue weighted by Crippen LogP contribution is -2.14. The largest absolute Gasteiger partial charge is 0.508 e. The van der Waals surface area contributed by atoms with Crippen molar-refractivity contribution in [1.29, 1.82) is 0 Å². The van der Waals surface area contributed by atoms with Crippen LogP contribution in [0.25, 0.3) is 32.9 Å². The summed E-state index contributed by atoms with van der Waals surface area (Å²) in [6.07, 6.45) is 7.31. The summed E-state index contributed by atoms with van der Waals surface area (Å²) < 4.78 is 39.4. The van der Waals surface area contributed by atoms with Crippen LogP contribution in [0.5, 0.6) is 11.6 Å². The van der Waals surface area contributed by atoms with Gasteiger partial charge in [-0.25, -0.2) is 13.8 Å². The Morgan fingerprint density at radius 2 is 1.92 bits per heavy atom. The number of hydrogen-bond donors (Lipinski definition) is 2. The van der Waals surface area contributed by atoms with Gasteiger partial charge < -0.3 is 15.2 Å². The summed E-state index contributed by atoms with van der Waals surface area (Å²) in [6, 6.07) is 5.74. The van der Waals surface area contributed by atoms with E-state index in [0.29, 0.717) is 39.4 Å². The number of piperidine rings is 1. The van der Waals surface area contributed by atoms with Gasteiger partial charge in [0.2, 0.25) is 5.88 Å². The molecule has 188 valence electrons. The number of hydrogen-bond acceptors (Lipinski definition) is 5. The highest BCUT2D eigenvalue weighted by molar-refractivity contribution is 6.03. The number of pyridine rings is 1. The first-order chi connectivity index (χ1) is 17.9. The summed E-state index contributed by atoms with van der Waals surface area (Å²) in [6.45, 7) is 5.65. The average Bonchev–Trinajstić information content (AvgIpc) is 3.74. The maximum atomic E-state index is 16.7. The van der Waals surface area contributed by atoms with Gasteiger partial charge in [-0.1, -0.05) is 12.0 Å². The highest BCUT2D eigenvalue weighted by atomic mass is 19.1. The molecule has 6 nitrogen and oxygen atoms in total. The van der Waals surface area contributed by atoms with Gasteiger partial charge in [-0.2, -0.15) is 5.10 Å². The van der Waals surface area contributed by atoms with E-state index in [-0.39, 0.29) is 40.6 Å². The molecule has 0 bridgehead atoms. The maximum Gasteiger partial charge on any atom is 0.225 e. The molecule has 8 heteroatoms. The topological polar surface area (TPSA) is 72.2 Å². The molecule has 2 saturated carbocycles. The van der Waals surface area contributed by atoms with E-state index < -0.39 is 11.6 Å². The maximum absolute atomic E-state index is 16.7. The molecule has 37 heavy (non-hydrogen) atoms. The van der Waals surface area contributed by atoms with Gasteiger partial charge in [0, 0.05) is 16.9 Å². The third-order valence-electron chi connectivity index (χ3n) is 7.88. The van der Waals surface area contributed by atoms with Gasteiger partial charge in [0.1, 0.15) is 22.8 Å². The molecule has 3 aliphatic rings. The van der Waals surface area contributed by atoms with Crippen molar-refractivity contribution >= 4 is 21.7 Å². The first-order valence-corrected chi connectivity index (χ1v) is 12.8. The van der Waals surface area contributed by atoms with E-state index in [4.69, 9.17) is 21.2 Å². The van der Waals surface area contributed by atoms with E-state index in [1.54, 1.807) is 4.68 Å². The Morgan fingerprint density at radius 3 is 2.59 bits per heavy atom. The zero-order valence-corrected chi connectivity index (χ0v) is 20.6. The van der Waals surface area contributed by atoms with Gasteiger partial charge in [0.05, 0.1) is 28.8 Å². The highest BCUT2D eigenvalue weighted by Gasteiger charge is 2.56. The van der Waals surface area contributed by atoms with Crippen LogP contribution in [0.3, 0.4) is 0 Å². The van der Waals surface area contributed by atoms with Crippen LogP contribution in [0.15, 0.2) is 24.3 Å². The lowest BCUT2D eigenvalue weighted by Gasteiger charge is -2.16. The molecule has 0 spiro atoms. The predicted molar refractivity (Wildman–Crippen MR) is 137 cm³/mol. The van der Waals surface area contributed by atoms with Gasteiger partial charge in [-0.3, -0.25) is 4.68 Å². The number of halogens is 2. The molecule has 3 fully saturated rings. The van der Waals surface area contributed by atoms with Crippen molar-refractivity contribution in [3.8, 4) is 35.2 Å². The van der Waals surface area contributed by atoms with E-state index in [1.807, 2.05) is 13.8 Å². The van der Waals surface area contributed by atoms with Crippen LogP contribution < -0.4 is 10.1 Å².